The van der Waals surface area contributed by atoms with Crippen molar-refractivity contribution in [2.45, 2.75) is 86.9 Å². The van der Waals surface area contributed by atoms with E-state index >= 15 is 0 Å². The molecule has 4 unspecified atom stereocenters. The molecule has 35 heavy (non-hydrogen) atoms. The van der Waals surface area contributed by atoms with Crippen molar-refractivity contribution in [2.24, 2.45) is 5.14 Å². The van der Waals surface area contributed by atoms with E-state index in [4.69, 9.17) is 34.4 Å². The monoisotopic (exact) mass is 530 g/mol. The van der Waals surface area contributed by atoms with Gasteiger partial charge in [0, 0.05) is 5.75 Å². The van der Waals surface area contributed by atoms with Crippen molar-refractivity contribution < 1.29 is 31.9 Å². The van der Waals surface area contributed by atoms with E-state index in [9.17, 15) is 13.5 Å². The van der Waals surface area contributed by atoms with Gasteiger partial charge in [-0.1, -0.05) is 19.3 Å². The molecule has 2 aromatic rings. The first-order valence-corrected chi connectivity index (χ1v) is 13.9. The first-order chi connectivity index (χ1) is 16.4. The largest absolute Gasteiger partial charge is 0.389 e. The van der Waals surface area contributed by atoms with Crippen molar-refractivity contribution in [3.05, 3.63) is 6.33 Å². The topological polar surface area (TPSA) is 187 Å². The summed E-state index contributed by atoms with van der Waals surface area (Å²) in [6.07, 6.45) is 3.08. The van der Waals surface area contributed by atoms with Crippen molar-refractivity contribution in [3.63, 3.8) is 0 Å². The summed E-state index contributed by atoms with van der Waals surface area (Å²) in [5, 5.41) is 21.8. The van der Waals surface area contributed by atoms with Gasteiger partial charge < -0.3 is 25.1 Å². The van der Waals surface area contributed by atoms with Crippen molar-refractivity contribution in [1.82, 2.24) is 19.7 Å². The molecule has 0 bridgehead atoms. The zero-order valence-corrected chi connectivity index (χ0v) is 21.1. The minimum atomic E-state index is -4.17. The highest BCUT2D eigenvalue weighted by atomic mass is 32.2. The normalized spacial score (nSPS) is 30.1. The summed E-state index contributed by atoms with van der Waals surface area (Å²) in [6.45, 7) is 3.17. The number of fused-ring (bicyclic) bond motifs is 2. The fourth-order valence-electron chi connectivity index (χ4n) is 4.95. The fourth-order valence-corrected chi connectivity index (χ4v) is 6.45. The van der Waals surface area contributed by atoms with Gasteiger partial charge in [-0.05, 0) is 26.7 Å². The number of aliphatic hydroxyl groups is 1. The molecule has 2 aliphatic heterocycles. The van der Waals surface area contributed by atoms with Crippen molar-refractivity contribution in [2.75, 3.05) is 18.1 Å². The number of hydrogen-bond acceptors (Lipinski definition) is 12. The van der Waals surface area contributed by atoms with Gasteiger partial charge in [-0.25, -0.2) is 19.8 Å². The predicted octanol–water partition coefficient (Wildman–Crippen LogP) is 0.833. The molecular formula is C20H30N6O7S2. The highest BCUT2D eigenvalue weighted by Gasteiger charge is 2.57. The molecule has 2 saturated heterocycles. The summed E-state index contributed by atoms with van der Waals surface area (Å²) in [5.41, 5.74) is 5.87. The van der Waals surface area contributed by atoms with E-state index in [0.29, 0.717) is 21.8 Å². The smallest absolute Gasteiger partial charge is 0.333 e. The predicted molar refractivity (Wildman–Crippen MR) is 125 cm³/mol. The number of aromatic nitrogens is 4. The second kappa shape index (κ2) is 9.06. The number of ether oxygens (including phenoxy) is 3. The molecule has 0 aromatic carbocycles. The number of nitrogens with zero attached hydrogens (tertiary/aromatic N) is 4. The molecule has 1 saturated carbocycles. The van der Waals surface area contributed by atoms with E-state index in [-0.39, 0.29) is 12.4 Å². The molecule has 4 heterocycles. The molecule has 194 valence electrons. The Morgan fingerprint density at radius 3 is 2.66 bits per heavy atom. The number of nitrogen functional groups attached to an aromatic ring is 1. The highest BCUT2D eigenvalue weighted by molar-refractivity contribution is 7.99. The summed E-state index contributed by atoms with van der Waals surface area (Å²) >= 11 is 1.40. The summed E-state index contributed by atoms with van der Waals surface area (Å²) in [5.74, 6) is -0.217. The van der Waals surface area contributed by atoms with Gasteiger partial charge >= 0.3 is 10.3 Å². The van der Waals surface area contributed by atoms with Gasteiger partial charge in [-0.15, -0.1) is 11.8 Å². The van der Waals surface area contributed by atoms with Crippen LogP contribution in [0.1, 0.15) is 52.2 Å². The first kappa shape index (κ1) is 25.1. The minimum absolute atomic E-state index is 0.256. The average Bonchev–Trinajstić information content (AvgIpc) is 3.40. The molecule has 3 fully saturated rings. The molecule has 2 aromatic heterocycles. The van der Waals surface area contributed by atoms with Gasteiger partial charge in [0.25, 0.3) is 0 Å². The second-order valence-electron chi connectivity index (χ2n) is 9.69. The Morgan fingerprint density at radius 2 is 1.94 bits per heavy atom. The van der Waals surface area contributed by atoms with E-state index in [1.54, 1.807) is 18.5 Å². The van der Waals surface area contributed by atoms with E-state index < -0.39 is 46.2 Å². The average molecular weight is 531 g/mol. The first-order valence-electron chi connectivity index (χ1n) is 11.5. The maximum atomic E-state index is 11.4. The number of anilines is 1. The maximum absolute atomic E-state index is 11.4. The Morgan fingerprint density at radius 1 is 1.23 bits per heavy atom. The third-order valence-corrected chi connectivity index (χ3v) is 8.22. The number of thioether (sulfide) groups is 1. The molecule has 5 N–H and O–H groups in total. The number of rotatable bonds is 7. The lowest BCUT2D eigenvalue weighted by atomic mass is 9.86. The van der Waals surface area contributed by atoms with E-state index in [0.717, 1.165) is 32.1 Å². The Bertz CT molecular complexity index is 1200. The number of hydrogen-bond donors (Lipinski definition) is 3. The van der Waals surface area contributed by atoms with Crippen LogP contribution in [0, 0.1) is 0 Å². The molecule has 0 radical (unpaired) electrons. The standard InChI is InChI=1S/C20H30N6O7S2/c1-19(2)32-13-11(8-30-35(22,28)29)31-18(14(13)33-19)26-16-12(15(21)23-10-24-16)17(25-26)34-9-20(27)6-4-3-5-7-20/h10-11,13-14,18,27H,3-9H2,1-2H3,(H2,21,23,24)(H2,22,28,29). The van der Waals surface area contributed by atoms with Crippen LogP contribution in [0.3, 0.4) is 0 Å². The summed E-state index contributed by atoms with van der Waals surface area (Å²) in [6, 6.07) is 0. The summed E-state index contributed by atoms with van der Waals surface area (Å²) in [4.78, 5) is 8.51. The van der Waals surface area contributed by atoms with Gasteiger partial charge in [0.1, 0.15) is 35.5 Å². The van der Waals surface area contributed by atoms with Crippen LogP contribution in [0.2, 0.25) is 0 Å². The third-order valence-electron chi connectivity index (χ3n) is 6.51. The molecule has 4 atom stereocenters. The molecule has 15 heteroatoms. The Hall–Kier alpha value is -1.59. The lowest BCUT2D eigenvalue weighted by Crippen LogP contribution is -2.34. The van der Waals surface area contributed by atoms with Gasteiger partial charge in [0.05, 0.1) is 17.6 Å². The van der Waals surface area contributed by atoms with Gasteiger partial charge in [-0.3, -0.25) is 4.18 Å². The van der Waals surface area contributed by atoms with Gasteiger partial charge in [0.15, 0.2) is 17.7 Å². The van der Waals surface area contributed by atoms with E-state index in [2.05, 4.69) is 9.97 Å². The fraction of sp³-hybridized carbons (Fsp3) is 0.750. The molecule has 1 aliphatic carbocycles. The van der Waals surface area contributed by atoms with Crippen LogP contribution in [-0.4, -0.2) is 75.3 Å². The van der Waals surface area contributed by atoms with E-state index in [1.807, 2.05) is 0 Å². The second-order valence-corrected chi connectivity index (χ2v) is 11.9. The molecule has 3 aliphatic rings. The van der Waals surface area contributed by atoms with Crippen LogP contribution in [0.5, 0.6) is 0 Å². The van der Waals surface area contributed by atoms with Crippen molar-refractivity contribution >= 4 is 38.9 Å². The molecule has 13 nitrogen and oxygen atoms in total. The maximum Gasteiger partial charge on any atom is 0.333 e. The quantitative estimate of drug-likeness (QED) is 0.429. The van der Waals surface area contributed by atoms with Crippen molar-refractivity contribution in [1.29, 1.82) is 0 Å². The minimum Gasteiger partial charge on any atom is -0.389 e. The third kappa shape index (κ3) is 5.13. The Balaban J connectivity index is 1.47. The number of nitrogens with two attached hydrogens (primary N) is 2. The van der Waals surface area contributed by atoms with E-state index in [1.165, 1.54) is 18.1 Å². The Labute approximate surface area is 207 Å². The van der Waals surface area contributed by atoms with Gasteiger partial charge in [0.2, 0.25) is 0 Å². The molecule has 0 amide bonds. The van der Waals surface area contributed by atoms with Crippen LogP contribution in [-0.2, 0) is 28.7 Å². The summed E-state index contributed by atoms with van der Waals surface area (Å²) in [7, 11) is -4.17. The zero-order chi connectivity index (χ0) is 25.0. The van der Waals surface area contributed by atoms with Crippen LogP contribution < -0.4 is 10.9 Å². The molecule has 0 spiro atoms. The zero-order valence-electron chi connectivity index (χ0n) is 19.5. The van der Waals surface area contributed by atoms with Crippen LogP contribution in [0.15, 0.2) is 11.4 Å². The SMILES string of the molecule is CC1(C)OC2C(COS(N)(=O)=O)OC(n3nc(SCC4(O)CCCCC4)c4c(N)ncnc43)C2O1. The molecule has 5 rings (SSSR count). The van der Waals surface area contributed by atoms with Crippen LogP contribution >= 0.6 is 11.8 Å². The lowest BCUT2D eigenvalue weighted by molar-refractivity contribution is -0.200. The lowest BCUT2D eigenvalue weighted by Gasteiger charge is -2.31. The molecular weight excluding hydrogens is 500 g/mol. The van der Waals surface area contributed by atoms with Crippen LogP contribution in [0.25, 0.3) is 11.0 Å². The highest BCUT2D eigenvalue weighted by Crippen LogP contribution is 2.45. The van der Waals surface area contributed by atoms with Crippen molar-refractivity contribution in [3.8, 4) is 0 Å². The van der Waals surface area contributed by atoms with Crippen LogP contribution in [0.4, 0.5) is 5.82 Å². The Kier molecular flexibility index (Phi) is 6.49. The summed E-state index contributed by atoms with van der Waals surface area (Å²) < 4.78 is 47.3. The van der Waals surface area contributed by atoms with Gasteiger partial charge in [-0.2, -0.15) is 13.5 Å².